The number of rotatable bonds is 6. The second-order valence-corrected chi connectivity index (χ2v) is 4.70. The van der Waals surface area contributed by atoms with Crippen molar-refractivity contribution in [1.82, 2.24) is 4.98 Å². The molecule has 0 bridgehead atoms. The summed E-state index contributed by atoms with van der Waals surface area (Å²) in [7, 11) is 0. The number of aromatic nitrogens is 1. The molecule has 0 aliphatic rings. The first-order chi connectivity index (χ1) is 9.83. The van der Waals surface area contributed by atoms with Crippen LogP contribution in [-0.4, -0.2) is 35.4 Å². The summed E-state index contributed by atoms with van der Waals surface area (Å²) in [5.41, 5.74) is 1.69. The minimum Gasteiger partial charge on any atom is -0.462 e. The van der Waals surface area contributed by atoms with Crippen LogP contribution in [0.5, 0.6) is 0 Å². The maximum absolute atomic E-state index is 12.3. The van der Waals surface area contributed by atoms with E-state index in [0.717, 1.165) is 0 Å². The molecule has 1 atom stereocenters. The summed E-state index contributed by atoms with van der Waals surface area (Å²) >= 11 is 0. The monoisotopic (exact) mass is 295 g/mol. The van der Waals surface area contributed by atoms with Crippen molar-refractivity contribution >= 4 is 17.7 Å². The lowest BCUT2D eigenvalue weighted by molar-refractivity contribution is -0.145. The number of carbonyl (C=O) groups excluding carboxylic acids is 3. The van der Waals surface area contributed by atoms with Crippen molar-refractivity contribution in [2.75, 3.05) is 6.61 Å². The van der Waals surface area contributed by atoms with Gasteiger partial charge in [0.05, 0.1) is 17.9 Å². The maximum Gasteiger partial charge on any atom is 0.340 e. The third kappa shape index (κ3) is 3.71. The molecule has 116 valence electrons. The maximum atomic E-state index is 12.3. The molecule has 0 amide bonds. The van der Waals surface area contributed by atoms with Crippen molar-refractivity contribution in [2.45, 2.75) is 47.1 Å². The van der Waals surface area contributed by atoms with Gasteiger partial charge in [-0.05, 0) is 33.3 Å². The average Bonchev–Trinajstić information content (AvgIpc) is 2.73. The molecule has 0 radical (unpaired) electrons. The van der Waals surface area contributed by atoms with Crippen LogP contribution < -0.4 is 0 Å². The van der Waals surface area contributed by atoms with Gasteiger partial charge in [-0.1, -0.05) is 6.92 Å². The number of nitrogens with one attached hydrogen (secondary N) is 1. The average molecular weight is 295 g/mol. The summed E-state index contributed by atoms with van der Waals surface area (Å²) in [6.45, 7) is 8.50. The topological polar surface area (TPSA) is 85.5 Å². The minimum atomic E-state index is -0.899. The third-order valence-electron chi connectivity index (χ3n) is 3.13. The zero-order chi connectivity index (χ0) is 16.2. The van der Waals surface area contributed by atoms with Gasteiger partial charge in [0.25, 0.3) is 0 Å². The largest absolute Gasteiger partial charge is 0.462 e. The highest BCUT2D eigenvalue weighted by atomic mass is 16.5. The molecule has 0 saturated carbocycles. The Morgan fingerprint density at radius 3 is 2.33 bits per heavy atom. The van der Waals surface area contributed by atoms with E-state index < -0.39 is 18.0 Å². The van der Waals surface area contributed by atoms with E-state index in [9.17, 15) is 14.4 Å². The molecule has 1 rings (SSSR count). The van der Waals surface area contributed by atoms with Crippen LogP contribution in [0.4, 0.5) is 0 Å². The van der Waals surface area contributed by atoms with Crippen LogP contribution in [0.3, 0.4) is 0 Å². The van der Waals surface area contributed by atoms with Crippen molar-refractivity contribution in [3.8, 4) is 0 Å². The van der Waals surface area contributed by atoms with E-state index in [1.54, 1.807) is 27.7 Å². The van der Waals surface area contributed by atoms with E-state index in [2.05, 4.69) is 4.98 Å². The smallest absolute Gasteiger partial charge is 0.340 e. The van der Waals surface area contributed by atoms with Gasteiger partial charge in [-0.15, -0.1) is 0 Å². The summed E-state index contributed by atoms with van der Waals surface area (Å²) in [6, 6.07) is 0. The van der Waals surface area contributed by atoms with Crippen molar-refractivity contribution in [2.24, 2.45) is 0 Å². The standard InChI is InChI=1S/C15H21NO5/c1-6-11(17)21-10(5)14(18)13-8(3)12(9(4)16-13)15(19)20-7-2/h10,16H,6-7H2,1-5H3/t10-/m1/s1. The summed E-state index contributed by atoms with van der Waals surface area (Å²) in [5, 5.41) is 0. The Kier molecular flexibility index (Phi) is 5.69. The van der Waals surface area contributed by atoms with E-state index in [1.807, 2.05) is 0 Å². The van der Waals surface area contributed by atoms with Gasteiger partial charge in [0.15, 0.2) is 6.10 Å². The number of hydrogen-bond donors (Lipinski definition) is 1. The third-order valence-corrected chi connectivity index (χ3v) is 3.13. The first-order valence-electron chi connectivity index (χ1n) is 6.93. The molecular weight excluding hydrogens is 274 g/mol. The summed E-state index contributed by atoms with van der Waals surface area (Å²) in [4.78, 5) is 38.3. The van der Waals surface area contributed by atoms with Gasteiger partial charge in [0.2, 0.25) is 5.78 Å². The van der Waals surface area contributed by atoms with Crippen LogP contribution in [0, 0.1) is 13.8 Å². The zero-order valence-electron chi connectivity index (χ0n) is 13.0. The molecule has 6 heteroatoms. The number of ether oxygens (including phenoxy) is 2. The number of ketones is 1. The second-order valence-electron chi connectivity index (χ2n) is 4.70. The lowest BCUT2D eigenvalue weighted by Gasteiger charge is -2.11. The van der Waals surface area contributed by atoms with Crippen LogP contribution in [0.2, 0.25) is 0 Å². The van der Waals surface area contributed by atoms with Crippen molar-refractivity contribution in [3.05, 3.63) is 22.5 Å². The predicted octanol–water partition coefficient (Wildman–Crippen LogP) is 2.33. The second kappa shape index (κ2) is 7.06. The van der Waals surface area contributed by atoms with Gasteiger partial charge in [-0.2, -0.15) is 0 Å². The van der Waals surface area contributed by atoms with Crippen LogP contribution >= 0.6 is 0 Å². The fourth-order valence-electron chi connectivity index (χ4n) is 2.04. The molecule has 0 spiro atoms. The predicted molar refractivity (Wildman–Crippen MR) is 76.4 cm³/mol. The fourth-order valence-corrected chi connectivity index (χ4v) is 2.04. The number of carbonyl (C=O) groups is 3. The van der Waals surface area contributed by atoms with E-state index >= 15 is 0 Å². The Morgan fingerprint density at radius 2 is 1.81 bits per heavy atom. The van der Waals surface area contributed by atoms with E-state index in [4.69, 9.17) is 9.47 Å². The number of aryl methyl sites for hydroxylation is 1. The molecule has 0 fully saturated rings. The van der Waals surface area contributed by atoms with Crippen LogP contribution in [0.1, 0.15) is 59.3 Å². The van der Waals surface area contributed by atoms with Crippen LogP contribution in [-0.2, 0) is 14.3 Å². The Balaban J connectivity index is 3.04. The van der Waals surface area contributed by atoms with E-state index in [0.29, 0.717) is 16.8 Å². The SMILES string of the molecule is CCOC(=O)c1c(C)[nH]c(C(=O)[C@@H](C)OC(=O)CC)c1C. The normalized spacial score (nSPS) is 11.9. The van der Waals surface area contributed by atoms with Gasteiger partial charge in [0.1, 0.15) is 0 Å². The Bertz CT molecular complexity index is 559. The molecule has 1 aromatic rings. The highest BCUT2D eigenvalue weighted by Gasteiger charge is 2.27. The van der Waals surface area contributed by atoms with Gasteiger partial charge >= 0.3 is 11.9 Å². The molecule has 6 nitrogen and oxygen atoms in total. The molecular formula is C15H21NO5. The lowest BCUT2D eigenvalue weighted by Crippen LogP contribution is -2.25. The van der Waals surface area contributed by atoms with Gasteiger partial charge in [-0.25, -0.2) is 4.79 Å². The van der Waals surface area contributed by atoms with Crippen molar-refractivity contribution in [3.63, 3.8) is 0 Å². The fraction of sp³-hybridized carbons (Fsp3) is 0.533. The minimum absolute atomic E-state index is 0.203. The quantitative estimate of drug-likeness (QED) is 0.643. The summed E-state index contributed by atoms with van der Waals surface area (Å²) in [6.07, 6.45) is -0.696. The van der Waals surface area contributed by atoms with Gasteiger partial charge < -0.3 is 14.5 Å². The number of hydrogen-bond acceptors (Lipinski definition) is 5. The highest BCUT2D eigenvalue weighted by molar-refractivity contribution is 6.03. The molecule has 1 aromatic heterocycles. The molecule has 0 aliphatic heterocycles. The summed E-state index contributed by atoms with van der Waals surface area (Å²) in [5.74, 6) is -1.28. The Morgan fingerprint density at radius 1 is 1.19 bits per heavy atom. The molecule has 1 N–H and O–H groups in total. The molecule has 0 aromatic carbocycles. The molecule has 21 heavy (non-hydrogen) atoms. The number of esters is 2. The van der Waals surface area contributed by atoms with Crippen molar-refractivity contribution in [1.29, 1.82) is 0 Å². The highest BCUT2D eigenvalue weighted by Crippen LogP contribution is 2.21. The van der Waals surface area contributed by atoms with Gasteiger partial charge in [-0.3, -0.25) is 9.59 Å². The molecule has 0 unspecified atom stereocenters. The molecule has 0 aliphatic carbocycles. The van der Waals surface area contributed by atoms with Crippen LogP contribution in [0.25, 0.3) is 0 Å². The lowest BCUT2D eigenvalue weighted by atomic mass is 10.1. The van der Waals surface area contributed by atoms with Gasteiger partial charge in [0, 0.05) is 12.1 Å². The molecule has 1 heterocycles. The number of aromatic amines is 1. The van der Waals surface area contributed by atoms with Crippen LogP contribution in [0.15, 0.2) is 0 Å². The first kappa shape index (κ1) is 16.9. The van der Waals surface area contributed by atoms with Crippen molar-refractivity contribution < 1.29 is 23.9 Å². The number of H-pyrrole nitrogens is 1. The zero-order valence-corrected chi connectivity index (χ0v) is 13.0. The summed E-state index contributed by atoms with van der Waals surface area (Å²) < 4.78 is 9.97. The Labute approximate surface area is 123 Å². The first-order valence-corrected chi connectivity index (χ1v) is 6.93. The number of Topliss-reactive ketones (excluding diaryl/α,β-unsaturated/α-hetero) is 1. The van der Waals surface area contributed by atoms with E-state index in [-0.39, 0.29) is 24.5 Å². The van der Waals surface area contributed by atoms with E-state index in [1.165, 1.54) is 6.92 Å². The molecule has 0 saturated heterocycles. The Hall–Kier alpha value is -2.11.